The first-order chi connectivity index (χ1) is 15.9. The summed E-state index contributed by atoms with van der Waals surface area (Å²) in [5.41, 5.74) is 1.75. The van der Waals surface area contributed by atoms with E-state index in [9.17, 15) is 9.59 Å². The second-order valence-corrected chi connectivity index (χ2v) is 9.96. The quantitative estimate of drug-likeness (QED) is 0.485. The molecule has 5 heteroatoms. The van der Waals surface area contributed by atoms with Gasteiger partial charge in [-0.1, -0.05) is 87.9 Å². The Labute approximate surface area is 197 Å². The topological polar surface area (TPSA) is 55.8 Å². The van der Waals surface area contributed by atoms with E-state index < -0.39 is 18.2 Å². The maximum atomic E-state index is 13.8. The molecule has 2 aromatic carbocycles. The van der Waals surface area contributed by atoms with Crippen molar-refractivity contribution in [3.05, 3.63) is 71.8 Å². The molecule has 2 aliphatic rings. The molecular weight excluding hydrogens is 414 g/mol. The fourth-order valence-corrected chi connectivity index (χ4v) is 5.38. The van der Waals surface area contributed by atoms with E-state index in [1.165, 1.54) is 0 Å². The van der Waals surface area contributed by atoms with E-state index in [0.717, 1.165) is 30.4 Å². The van der Waals surface area contributed by atoms with Crippen molar-refractivity contribution in [2.45, 2.75) is 71.2 Å². The van der Waals surface area contributed by atoms with Crippen LogP contribution in [0.1, 0.15) is 70.2 Å². The maximum Gasteiger partial charge on any atom is 0.411 e. The molecule has 1 heterocycles. The predicted molar refractivity (Wildman–Crippen MR) is 127 cm³/mol. The molecule has 0 bridgehead atoms. The van der Waals surface area contributed by atoms with Gasteiger partial charge in [0.05, 0.1) is 6.04 Å². The number of carbonyl (C=O) groups excluding carboxylic acids is 2. The van der Waals surface area contributed by atoms with Crippen LogP contribution in [-0.4, -0.2) is 29.1 Å². The zero-order valence-electron chi connectivity index (χ0n) is 20.0. The molecule has 4 rings (SSSR count). The zero-order valence-corrected chi connectivity index (χ0v) is 20.0. The van der Waals surface area contributed by atoms with Crippen molar-refractivity contribution in [3.63, 3.8) is 0 Å². The van der Waals surface area contributed by atoms with Crippen LogP contribution in [0.2, 0.25) is 0 Å². The van der Waals surface area contributed by atoms with E-state index in [1.807, 2.05) is 67.6 Å². The molecule has 1 amide bonds. The van der Waals surface area contributed by atoms with Crippen molar-refractivity contribution in [1.82, 2.24) is 4.90 Å². The number of nitrogens with zero attached hydrogens (tertiary/aromatic N) is 1. The predicted octanol–water partition coefficient (Wildman–Crippen LogP) is 6.31. The van der Waals surface area contributed by atoms with Gasteiger partial charge < -0.3 is 9.47 Å². The molecule has 2 aromatic rings. The van der Waals surface area contributed by atoms with Crippen LogP contribution in [0, 0.1) is 17.8 Å². The molecule has 0 aromatic heterocycles. The van der Waals surface area contributed by atoms with Crippen molar-refractivity contribution in [3.8, 4) is 0 Å². The SMILES string of the molecule is CC1CCC(C(C)C)C(OC(=O)C2C(c3ccccc3)OC(=O)N2[C@H](C)c2ccccc2)C1. The largest absolute Gasteiger partial charge is 0.460 e. The van der Waals surface area contributed by atoms with Gasteiger partial charge in [-0.25, -0.2) is 9.59 Å². The highest BCUT2D eigenvalue weighted by molar-refractivity contribution is 5.86. The first kappa shape index (κ1) is 23.3. The van der Waals surface area contributed by atoms with Crippen LogP contribution in [-0.2, 0) is 14.3 Å². The van der Waals surface area contributed by atoms with E-state index in [1.54, 1.807) is 4.90 Å². The van der Waals surface area contributed by atoms with Crippen molar-refractivity contribution >= 4 is 12.1 Å². The molecule has 1 saturated heterocycles. The average molecular weight is 450 g/mol. The van der Waals surface area contributed by atoms with Crippen LogP contribution in [0.15, 0.2) is 60.7 Å². The van der Waals surface area contributed by atoms with Crippen LogP contribution in [0.25, 0.3) is 0 Å². The second-order valence-electron chi connectivity index (χ2n) is 9.96. The first-order valence-corrected chi connectivity index (χ1v) is 12.2. The molecule has 1 saturated carbocycles. The Bertz CT molecular complexity index is 945. The Morgan fingerprint density at radius 3 is 2.27 bits per heavy atom. The Kier molecular flexibility index (Phi) is 7.06. The van der Waals surface area contributed by atoms with E-state index in [-0.39, 0.29) is 18.1 Å². The molecule has 176 valence electrons. The Balaban J connectivity index is 1.66. The molecule has 0 N–H and O–H groups in total. The number of cyclic esters (lactones) is 1. The van der Waals surface area contributed by atoms with Crippen LogP contribution in [0.4, 0.5) is 4.79 Å². The van der Waals surface area contributed by atoms with Gasteiger partial charge >= 0.3 is 12.1 Å². The first-order valence-electron chi connectivity index (χ1n) is 12.2. The number of carbonyl (C=O) groups is 2. The average Bonchev–Trinajstić information content (AvgIpc) is 3.16. The molecular formula is C28H35NO4. The van der Waals surface area contributed by atoms with Gasteiger partial charge in [-0.2, -0.15) is 0 Å². The van der Waals surface area contributed by atoms with E-state index in [2.05, 4.69) is 20.8 Å². The van der Waals surface area contributed by atoms with Crippen LogP contribution >= 0.6 is 0 Å². The molecule has 0 spiro atoms. The number of amides is 1. The summed E-state index contributed by atoms with van der Waals surface area (Å²) in [5.74, 6) is 0.908. The highest BCUT2D eigenvalue weighted by atomic mass is 16.6. The van der Waals surface area contributed by atoms with E-state index >= 15 is 0 Å². The van der Waals surface area contributed by atoms with Crippen LogP contribution in [0.3, 0.4) is 0 Å². The van der Waals surface area contributed by atoms with Gasteiger partial charge in [-0.15, -0.1) is 0 Å². The number of hydrogen-bond donors (Lipinski definition) is 0. The third-order valence-corrected chi connectivity index (χ3v) is 7.32. The highest BCUT2D eigenvalue weighted by Crippen LogP contribution is 2.41. The van der Waals surface area contributed by atoms with Gasteiger partial charge in [0, 0.05) is 0 Å². The number of benzene rings is 2. The fourth-order valence-electron chi connectivity index (χ4n) is 5.38. The minimum Gasteiger partial charge on any atom is -0.460 e. The normalized spacial score (nSPS) is 28.5. The molecule has 1 aliphatic carbocycles. The minimum absolute atomic E-state index is 0.137. The second kappa shape index (κ2) is 9.98. The van der Waals surface area contributed by atoms with Crippen molar-refractivity contribution in [2.24, 2.45) is 17.8 Å². The summed E-state index contributed by atoms with van der Waals surface area (Å²) < 4.78 is 12.0. The molecule has 2 fully saturated rings. The van der Waals surface area contributed by atoms with Gasteiger partial charge in [0.1, 0.15) is 6.10 Å². The summed E-state index contributed by atoms with van der Waals surface area (Å²) in [6.45, 7) is 8.54. The van der Waals surface area contributed by atoms with Gasteiger partial charge in [0.25, 0.3) is 0 Å². The summed E-state index contributed by atoms with van der Waals surface area (Å²) in [6.07, 6.45) is 1.76. The molecule has 6 atom stereocenters. The highest BCUT2D eigenvalue weighted by Gasteiger charge is 2.51. The molecule has 5 unspecified atom stereocenters. The van der Waals surface area contributed by atoms with Gasteiger partial charge in [0.15, 0.2) is 12.1 Å². The van der Waals surface area contributed by atoms with Crippen molar-refractivity contribution in [2.75, 3.05) is 0 Å². The number of rotatable bonds is 6. The lowest BCUT2D eigenvalue weighted by Gasteiger charge is -2.38. The van der Waals surface area contributed by atoms with Crippen LogP contribution < -0.4 is 0 Å². The molecule has 0 radical (unpaired) electrons. The zero-order chi connectivity index (χ0) is 23.5. The summed E-state index contributed by atoms with van der Waals surface area (Å²) in [7, 11) is 0. The van der Waals surface area contributed by atoms with Crippen LogP contribution in [0.5, 0.6) is 0 Å². The Morgan fingerprint density at radius 2 is 1.64 bits per heavy atom. The molecule has 33 heavy (non-hydrogen) atoms. The minimum atomic E-state index is -0.833. The van der Waals surface area contributed by atoms with E-state index in [0.29, 0.717) is 17.8 Å². The standard InChI is InChI=1S/C28H35NO4/c1-18(2)23-16-15-19(3)17-24(23)32-27(30)25-26(22-13-9-6-10-14-22)33-28(31)29(25)20(4)21-11-7-5-8-12-21/h5-14,18-20,23-26H,15-17H2,1-4H3/t19?,20-,23?,24?,25?,26?/m1/s1. The summed E-state index contributed by atoms with van der Waals surface area (Å²) in [4.78, 5) is 28.4. The Hall–Kier alpha value is -2.82. The number of ether oxygens (including phenoxy) is 2. The van der Waals surface area contributed by atoms with Crippen molar-refractivity contribution < 1.29 is 19.1 Å². The molecule has 1 aliphatic heterocycles. The monoisotopic (exact) mass is 449 g/mol. The molecule has 5 nitrogen and oxygen atoms in total. The lowest BCUT2D eigenvalue weighted by atomic mass is 9.75. The summed E-state index contributed by atoms with van der Waals surface area (Å²) in [6, 6.07) is 18.1. The smallest absolute Gasteiger partial charge is 0.411 e. The van der Waals surface area contributed by atoms with Gasteiger partial charge in [-0.05, 0) is 48.6 Å². The lowest BCUT2D eigenvalue weighted by Crippen LogP contribution is -2.46. The maximum absolute atomic E-state index is 13.8. The third kappa shape index (κ3) is 4.92. The van der Waals surface area contributed by atoms with Gasteiger partial charge in [0.2, 0.25) is 0 Å². The number of hydrogen-bond acceptors (Lipinski definition) is 4. The Morgan fingerprint density at radius 1 is 1.00 bits per heavy atom. The summed E-state index contributed by atoms with van der Waals surface area (Å²) in [5, 5.41) is 0. The summed E-state index contributed by atoms with van der Waals surface area (Å²) >= 11 is 0. The third-order valence-electron chi connectivity index (χ3n) is 7.32. The van der Waals surface area contributed by atoms with E-state index in [4.69, 9.17) is 9.47 Å². The fraction of sp³-hybridized carbons (Fsp3) is 0.500. The lowest BCUT2D eigenvalue weighted by molar-refractivity contribution is -0.162. The van der Waals surface area contributed by atoms with Crippen molar-refractivity contribution in [1.29, 1.82) is 0 Å². The number of esters is 1. The van der Waals surface area contributed by atoms with Gasteiger partial charge in [-0.3, -0.25) is 4.90 Å².